The van der Waals surface area contributed by atoms with Gasteiger partial charge in [0.15, 0.2) is 11.6 Å². The molecule has 0 aromatic carbocycles. The highest BCUT2D eigenvalue weighted by Gasteiger charge is 2.11. The van der Waals surface area contributed by atoms with Gasteiger partial charge in [0.25, 0.3) is 0 Å². The zero-order valence-corrected chi connectivity index (χ0v) is 9.93. The van der Waals surface area contributed by atoms with Crippen LogP contribution in [-0.4, -0.2) is 19.5 Å². The van der Waals surface area contributed by atoms with Gasteiger partial charge in [-0.3, -0.25) is 4.68 Å². The summed E-state index contributed by atoms with van der Waals surface area (Å²) in [6.45, 7) is 4.32. The van der Waals surface area contributed by atoms with Crippen molar-refractivity contribution in [1.82, 2.24) is 19.5 Å². The molecule has 0 amide bonds. The van der Waals surface area contributed by atoms with Gasteiger partial charge in [0.2, 0.25) is 0 Å². The highest BCUT2D eigenvalue weighted by atomic mass is 15.5. The second kappa shape index (κ2) is 4.96. The Morgan fingerprint density at radius 1 is 0.938 bits per heavy atom. The van der Waals surface area contributed by atoms with Gasteiger partial charge in [-0.15, -0.1) is 10.2 Å². The highest BCUT2D eigenvalue weighted by Crippen LogP contribution is 2.08. The van der Waals surface area contributed by atoms with Crippen molar-refractivity contribution in [3.05, 3.63) is 36.2 Å². The number of hydrogen-bond donors (Lipinski definition) is 0. The van der Waals surface area contributed by atoms with E-state index in [9.17, 15) is 0 Å². The Bertz CT molecular complexity index is 404. The zero-order valence-electron chi connectivity index (χ0n) is 9.93. The van der Waals surface area contributed by atoms with E-state index in [1.807, 2.05) is 24.5 Å². The van der Waals surface area contributed by atoms with Crippen LogP contribution in [0.2, 0.25) is 0 Å². The lowest BCUT2D eigenvalue weighted by Gasteiger charge is -2.10. The van der Waals surface area contributed by atoms with E-state index in [1.165, 1.54) is 0 Å². The molecule has 2 heterocycles. The Labute approximate surface area is 95.9 Å². The van der Waals surface area contributed by atoms with Crippen LogP contribution in [0, 0.1) is 0 Å². The first kappa shape index (κ1) is 10.9. The molecule has 0 spiro atoms. The van der Waals surface area contributed by atoms with Crippen LogP contribution in [0.5, 0.6) is 0 Å². The van der Waals surface area contributed by atoms with Gasteiger partial charge in [-0.25, -0.2) is 4.68 Å². The van der Waals surface area contributed by atoms with Crippen molar-refractivity contribution < 1.29 is 0 Å². The van der Waals surface area contributed by atoms with Gasteiger partial charge < -0.3 is 0 Å². The second-order valence-corrected chi connectivity index (χ2v) is 3.91. The van der Waals surface area contributed by atoms with Crippen molar-refractivity contribution in [3.63, 3.8) is 0 Å². The first-order valence-electron chi connectivity index (χ1n) is 5.93. The van der Waals surface area contributed by atoms with Crippen LogP contribution in [0.4, 0.5) is 0 Å². The molecule has 0 atom stereocenters. The predicted octanol–water partition coefficient (Wildman–Crippen LogP) is 2.30. The molecule has 0 aliphatic carbocycles. The minimum absolute atomic E-state index is 0.967. The van der Waals surface area contributed by atoms with E-state index in [0.29, 0.717) is 0 Å². The number of aryl methyl sites for hydroxylation is 2. The van der Waals surface area contributed by atoms with Crippen molar-refractivity contribution in [2.75, 3.05) is 0 Å². The van der Waals surface area contributed by atoms with Gasteiger partial charge in [-0.05, 0) is 25.0 Å². The monoisotopic (exact) mass is 218 g/mol. The molecular weight excluding hydrogens is 200 g/mol. The number of rotatable bonds is 5. The number of hydrogen-bond acceptors (Lipinski definition) is 2. The molecule has 16 heavy (non-hydrogen) atoms. The minimum Gasteiger partial charge on any atom is -0.261 e. The molecule has 0 aliphatic rings. The van der Waals surface area contributed by atoms with Crippen molar-refractivity contribution in [1.29, 1.82) is 0 Å². The van der Waals surface area contributed by atoms with Crippen molar-refractivity contribution in [3.8, 4) is 0 Å². The lowest BCUT2D eigenvalue weighted by Crippen LogP contribution is -2.14. The summed E-state index contributed by atoms with van der Waals surface area (Å²) in [6, 6.07) is 4.04. The third-order valence-electron chi connectivity index (χ3n) is 2.54. The highest BCUT2D eigenvalue weighted by molar-refractivity contribution is 5.01. The second-order valence-electron chi connectivity index (χ2n) is 3.91. The molecule has 0 fully saturated rings. The minimum atomic E-state index is 0.967. The van der Waals surface area contributed by atoms with Gasteiger partial charge in [0.1, 0.15) is 0 Å². The van der Waals surface area contributed by atoms with Crippen LogP contribution in [0.3, 0.4) is 0 Å². The molecule has 0 N–H and O–H groups in total. The number of aromatic nitrogens is 4. The van der Waals surface area contributed by atoms with E-state index in [0.717, 1.165) is 37.3 Å². The quantitative estimate of drug-likeness (QED) is 0.772. The molecule has 4 nitrogen and oxygen atoms in total. The van der Waals surface area contributed by atoms with Gasteiger partial charge >= 0.3 is 0 Å². The molecule has 0 bridgehead atoms. The van der Waals surface area contributed by atoms with Gasteiger partial charge in [0, 0.05) is 25.2 Å². The van der Waals surface area contributed by atoms with E-state index >= 15 is 0 Å². The first-order chi connectivity index (χ1) is 7.86. The summed E-state index contributed by atoms with van der Waals surface area (Å²) in [7, 11) is 0. The standard InChI is InChI=1S/C12H18N4/c1-3-7-11-13-14-12(8-4-2)16(11)15-9-5-6-10-15/h5-6,9-10H,3-4,7-8H2,1-2H3. The Balaban J connectivity index is 2.41. The maximum Gasteiger partial charge on any atom is 0.153 e. The molecule has 2 rings (SSSR count). The Kier molecular flexibility index (Phi) is 3.39. The van der Waals surface area contributed by atoms with Crippen LogP contribution in [0.15, 0.2) is 24.5 Å². The average Bonchev–Trinajstić information content (AvgIpc) is 2.88. The lowest BCUT2D eigenvalue weighted by atomic mass is 10.3. The summed E-state index contributed by atoms with van der Waals surface area (Å²) in [5, 5.41) is 8.55. The molecule has 0 aliphatic heterocycles. The molecule has 2 aromatic heterocycles. The zero-order chi connectivity index (χ0) is 11.4. The Morgan fingerprint density at radius 2 is 1.44 bits per heavy atom. The van der Waals surface area contributed by atoms with E-state index in [1.54, 1.807) is 0 Å². The van der Waals surface area contributed by atoms with E-state index in [4.69, 9.17) is 0 Å². The fourth-order valence-electron chi connectivity index (χ4n) is 1.83. The average molecular weight is 218 g/mol. The molecule has 0 saturated heterocycles. The third-order valence-corrected chi connectivity index (χ3v) is 2.54. The third kappa shape index (κ3) is 2.01. The molecule has 0 unspecified atom stereocenters. The summed E-state index contributed by atoms with van der Waals surface area (Å²) in [4.78, 5) is 0. The molecule has 86 valence electrons. The summed E-state index contributed by atoms with van der Waals surface area (Å²) >= 11 is 0. The maximum absolute atomic E-state index is 4.27. The van der Waals surface area contributed by atoms with Gasteiger partial charge in [-0.1, -0.05) is 13.8 Å². The fourth-order valence-corrected chi connectivity index (χ4v) is 1.83. The molecular formula is C12H18N4. The smallest absolute Gasteiger partial charge is 0.153 e. The lowest BCUT2D eigenvalue weighted by molar-refractivity contribution is 0.576. The number of nitrogens with zero attached hydrogens (tertiary/aromatic N) is 4. The Morgan fingerprint density at radius 3 is 1.88 bits per heavy atom. The van der Waals surface area contributed by atoms with Crippen LogP contribution < -0.4 is 0 Å². The molecule has 0 radical (unpaired) electrons. The molecule has 0 saturated carbocycles. The molecule has 4 heteroatoms. The maximum atomic E-state index is 4.27. The largest absolute Gasteiger partial charge is 0.261 e. The summed E-state index contributed by atoms with van der Waals surface area (Å²) in [5.74, 6) is 2.09. The topological polar surface area (TPSA) is 35.6 Å². The van der Waals surface area contributed by atoms with Crippen LogP contribution in [-0.2, 0) is 12.8 Å². The first-order valence-corrected chi connectivity index (χ1v) is 5.93. The summed E-state index contributed by atoms with van der Waals surface area (Å²) in [6.07, 6.45) is 8.17. The van der Waals surface area contributed by atoms with E-state index in [-0.39, 0.29) is 0 Å². The van der Waals surface area contributed by atoms with E-state index in [2.05, 4.69) is 33.4 Å². The van der Waals surface area contributed by atoms with Crippen molar-refractivity contribution >= 4 is 0 Å². The fraction of sp³-hybridized carbons (Fsp3) is 0.500. The van der Waals surface area contributed by atoms with Gasteiger partial charge in [0.05, 0.1) is 0 Å². The Hall–Kier alpha value is -1.58. The van der Waals surface area contributed by atoms with Crippen molar-refractivity contribution in [2.45, 2.75) is 39.5 Å². The van der Waals surface area contributed by atoms with Crippen LogP contribution in [0.25, 0.3) is 0 Å². The van der Waals surface area contributed by atoms with Crippen molar-refractivity contribution in [2.24, 2.45) is 0 Å². The SMILES string of the molecule is CCCc1nnc(CCC)n1-n1cccc1. The van der Waals surface area contributed by atoms with E-state index < -0.39 is 0 Å². The summed E-state index contributed by atoms with van der Waals surface area (Å²) in [5.41, 5.74) is 0. The van der Waals surface area contributed by atoms with Crippen LogP contribution in [0.1, 0.15) is 38.3 Å². The molecule has 2 aromatic rings. The predicted molar refractivity (Wildman–Crippen MR) is 63.2 cm³/mol. The summed E-state index contributed by atoms with van der Waals surface area (Å²) < 4.78 is 4.17. The van der Waals surface area contributed by atoms with Gasteiger partial charge in [-0.2, -0.15) is 0 Å². The normalized spacial score (nSPS) is 10.9. The van der Waals surface area contributed by atoms with Crippen LogP contribution >= 0.6 is 0 Å².